The van der Waals surface area contributed by atoms with Crippen LogP contribution in [0, 0.1) is 5.92 Å². The van der Waals surface area contributed by atoms with Crippen molar-refractivity contribution in [2.24, 2.45) is 10.9 Å². The van der Waals surface area contributed by atoms with Gasteiger partial charge in [0.15, 0.2) is 5.96 Å². The van der Waals surface area contributed by atoms with Crippen molar-refractivity contribution in [1.29, 1.82) is 0 Å². The van der Waals surface area contributed by atoms with Gasteiger partial charge in [-0.1, -0.05) is 12.8 Å². The van der Waals surface area contributed by atoms with Crippen molar-refractivity contribution in [1.82, 2.24) is 15.5 Å². The molecule has 0 aromatic carbocycles. The first-order chi connectivity index (χ1) is 13.4. The van der Waals surface area contributed by atoms with Gasteiger partial charge in [0.2, 0.25) is 0 Å². The Morgan fingerprint density at radius 1 is 1.07 bits per heavy atom. The maximum atomic E-state index is 11.6. The van der Waals surface area contributed by atoms with Crippen LogP contribution in [-0.2, 0) is 9.47 Å². The van der Waals surface area contributed by atoms with Gasteiger partial charge in [-0.3, -0.25) is 4.99 Å². The third-order valence-electron chi connectivity index (χ3n) is 5.07. The van der Waals surface area contributed by atoms with Crippen molar-refractivity contribution in [3.05, 3.63) is 0 Å². The predicted molar refractivity (Wildman–Crippen MR) is 128 cm³/mol. The van der Waals surface area contributed by atoms with Crippen LogP contribution in [0.25, 0.3) is 0 Å². The lowest BCUT2D eigenvalue weighted by molar-refractivity contribution is 0.0170. The van der Waals surface area contributed by atoms with E-state index in [9.17, 15) is 4.79 Å². The van der Waals surface area contributed by atoms with E-state index in [1.165, 1.54) is 25.7 Å². The topological polar surface area (TPSA) is 75.2 Å². The molecular formula is C21H41IN4O3. The van der Waals surface area contributed by atoms with Gasteiger partial charge in [-0.25, -0.2) is 4.79 Å². The summed E-state index contributed by atoms with van der Waals surface area (Å²) in [4.78, 5) is 18.4. The molecule has 170 valence electrons. The molecule has 2 aliphatic rings. The zero-order valence-electron chi connectivity index (χ0n) is 18.7. The molecule has 7 nitrogen and oxygen atoms in total. The molecule has 2 rings (SSSR count). The summed E-state index contributed by atoms with van der Waals surface area (Å²) in [6.07, 6.45) is 8.21. The molecule has 0 atom stereocenters. The van der Waals surface area contributed by atoms with Crippen molar-refractivity contribution in [3.8, 4) is 0 Å². The Kier molecular flexibility index (Phi) is 12.2. The summed E-state index contributed by atoms with van der Waals surface area (Å²) in [5.41, 5.74) is -0.457. The summed E-state index contributed by atoms with van der Waals surface area (Å²) in [7, 11) is 1.86. The third kappa shape index (κ3) is 11.9. The number of ether oxygens (including phenoxy) is 2. The molecule has 2 fully saturated rings. The fraction of sp³-hybridized carbons (Fsp3) is 0.905. The van der Waals surface area contributed by atoms with Crippen LogP contribution in [0.1, 0.15) is 65.7 Å². The van der Waals surface area contributed by atoms with Crippen molar-refractivity contribution in [2.45, 2.75) is 77.4 Å². The maximum Gasteiger partial charge on any atom is 0.407 e. The molecule has 1 amide bonds. The Balaban J connectivity index is 0.00000420. The number of hydrogen-bond acceptors (Lipinski definition) is 4. The van der Waals surface area contributed by atoms with Gasteiger partial charge in [0.25, 0.3) is 0 Å². The van der Waals surface area contributed by atoms with Crippen LogP contribution < -0.4 is 10.6 Å². The Bertz CT molecular complexity index is 499. The number of carbonyl (C=O) groups is 1. The number of rotatable bonds is 9. The summed E-state index contributed by atoms with van der Waals surface area (Å²) < 4.78 is 11.2. The second-order valence-electron chi connectivity index (χ2n) is 8.90. The lowest BCUT2D eigenvalue weighted by Crippen LogP contribution is -2.47. The van der Waals surface area contributed by atoms with E-state index in [-0.39, 0.29) is 30.1 Å². The Labute approximate surface area is 193 Å². The number of halogens is 1. The Morgan fingerprint density at radius 3 is 2.31 bits per heavy atom. The SMILES string of the molecule is CN=C(NCCCC1CC1)N1CCC(OCCCNC(=O)OC(C)(C)C)CC1.I. The first kappa shape index (κ1) is 26.3. The highest BCUT2D eigenvalue weighted by Gasteiger charge is 2.23. The molecule has 0 spiro atoms. The quantitative estimate of drug-likeness (QED) is 0.208. The first-order valence-electron chi connectivity index (χ1n) is 10.9. The van der Waals surface area contributed by atoms with E-state index in [0.717, 1.165) is 50.8 Å². The van der Waals surface area contributed by atoms with Crippen molar-refractivity contribution >= 4 is 36.0 Å². The van der Waals surface area contributed by atoms with E-state index < -0.39 is 5.60 Å². The summed E-state index contributed by atoms with van der Waals surface area (Å²) in [6.45, 7) is 9.79. The molecule has 29 heavy (non-hydrogen) atoms. The summed E-state index contributed by atoms with van der Waals surface area (Å²) in [5.74, 6) is 2.02. The molecule has 1 saturated heterocycles. The van der Waals surface area contributed by atoms with Crippen LogP contribution in [-0.4, -0.2) is 68.5 Å². The van der Waals surface area contributed by atoms with Crippen LogP contribution in [0.15, 0.2) is 4.99 Å². The van der Waals surface area contributed by atoms with E-state index in [2.05, 4.69) is 20.5 Å². The zero-order valence-corrected chi connectivity index (χ0v) is 21.0. The van der Waals surface area contributed by atoms with Crippen LogP contribution in [0.3, 0.4) is 0 Å². The van der Waals surface area contributed by atoms with Gasteiger partial charge in [-0.05, 0) is 58.8 Å². The van der Waals surface area contributed by atoms with Crippen LogP contribution >= 0.6 is 24.0 Å². The van der Waals surface area contributed by atoms with E-state index in [1.807, 2.05) is 27.8 Å². The van der Waals surface area contributed by atoms with Gasteiger partial charge in [0, 0.05) is 39.8 Å². The van der Waals surface area contributed by atoms with Crippen LogP contribution in [0.2, 0.25) is 0 Å². The highest BCUT2D eigenvalue weighted by Crippen LogP contribution is 2.33. The van der Waals surface area contributed by atoms with E-state index >= 15 is 0 Å². The smallest absolute Gasteiger partial charge is 0.407 e. The summed E-state index contributed by atoms with van der Waals surface area (Å²) >= 11 is 0. The van der Waals surface area contributed by atoms with Gasteiger partial charge >= 0.3 is 6.09 Å². The van der Waals surface area contributed by atoms with E-state index in [4.69, 9.17) is 9.47 Å². The molecule has 1 saturated carbocycles. The first-order valence-corrected chi connectivity index (χ1v) is 10.9. The molecular weight excluding hydrogens is 483 g/mol. The minimum absolute atomic E-state index is 0. The molecule has 0 radical (unpaired) electrons. The standard InChI is InChI=1S/C21H40N4O3.HI/c1-21(2,3)28-20(26)24-13-6-16-27-18-10-14-25(15-11-18)19(22-4)23-12-5-7-17-8-9-17;/h17-18H,5-16H2,1-4H3,(H,22,23)(H,24,26);1H. The normalized spacial score (nSPS) is 18.2. The van der Waals surface area contributed by atoms with Gasteiger partial charge in [0.05, 0.1) is 6.10 Å². The van der Waals surface area contributed by atoms with Gasteiger partial charge in [-0.15, -0.1) is 24.0 Å². The van der Waals surface area contributed by atoms with Crippen LogP contribution in [0.5, 0.6) is 0 Å². The number of nitrogens with zero attached hydrogens (tertiary/aromatic N) is 2. The molecule has 0 bridgehead atoms. The average Bonchev–Trinajstić information content (AvgIpc) is 3.45. The number of alkyl carbamates (subject to hydrolysis) is 1. The number of hydrogen-bond donors (Lipinski definition) is 2. The number of carbonyl (C=O) groups excluding carboxylic acids is 1. The highest BCUT2D eigenvalue weighted by atomic mass is 127. The third-order valence-corrected chi connectivity index (χ3v) is 5.07. The Morgan fingerprint density at radius 2 is 1.72 bits per heavy atom. The maximum absolute atomic E-state index is 11.6. The predicted octanol–water partition coefficient (Wildman–Crippen LogP) is 3.77. The number of likely N-dealkylation sites (tertiary alicyclic amines) is 1. The highest BCUT2D eigenvalue weighted by molar-refractivity contribution is 14.0. The summed E-state index contributed by atoms with van der Waals surface area (Å²) in [6, 6.07) is 0. The number of aliphatic imine (C=N–C) groups is 1. The van der Waals surface area contributed by atoms with Gasteiger partial charge in [-0.2, -0.15) is 0 Å². The van der Waals surface area contributed by atoms with Gasteiger partial charge in [0.1, 0.15) is 5.60 Å². The Hall–Kier alpha value is -0.770. The number of piperidine rings is 1. The lowest BCUT2D eigenvalue weighted by Gasteiger charge is -2.34. The molecule has 0 aromatic heterocycles. The molecule has 0 unspecified atom stereocenters. The van der Waals surface area contributed by atoms with Crippen molar-refractivity contribution in [2.75, 3.05) is 39.8 Å². The molecule has 2 N–H and O–H groups in total. The fourth-order valence-corrected chi connectivity index (χ4v) is 3.39. The fourth-order valence-electron chi connectivity index (χ4n) is 3.39. The number of amides is 1. The minimum atomic E-state index is -0.457. The second kappa shape index (κ2) is 13.5. The summed E-state index contributed by atoms with van der Waals surface area (Å²) in [5, 5.41) is 6.27. The minimum Gasteiger partial charge on any atom is -0.444 e. The number of nitrogens with one attached hydrogen (secondary N) is 2. The average molecular weight is 524 g/mol. The largest absolute Gasteiger partial charge is 0.444 e. The van der Waals surface area contributed by atoms with E-state index in [0.29, 0.717) is 19.3 Å². The second-order valence-corrected chi connectivity index (χ2v) is 8.90. The number of guanidine groups is 1. The van der Waals surface area contributed by atoms with E-state index in [1.54, 1.807) is 0 Å². The molecule has 1 aliphatic heterocycles. The molecule has 8 heteroatoms. The van der Waals surface area contributed by atoms with Crippen molar-refractivity contribution in [3.63, 3.8) is 0 Å². The molecule has 0 aromatic rings. The van der Waals surface area contributed by atoms with Crippen LogP contribution in [0.4, 0.5) is 4.79 Å². The zero-order chi connectivity index (χ0) is 20.4. The monoisotopic (exact) mass is 524 g/mol. The van der Waals surface area contributed by atoms with Gasteiger partial charge < -0.3 is 25.0 Å². The molecule has 1 heterocycles. The molecule has 1 aliphatic carbocycles. The van der Waals surface area contributed by atoms with Crippen molar-refractivity contribution < 1.29 is 14.3 Å². The lowest BCUT2D eigenvalue weighted by atomic mass is 10.1.